The van der Waals surface area contributed by atoms with E-state index < -0.39 is 0 Å². The molecule has 0 spiro atoms. The van der Waals surface area contributed by atoms with Crippen LogP contribution in [0.25, 0.3) is 11.1 Å². The van der Waals surface area contributed by atoms with Gasteiger partial charge in [-0.2, -0.15) is 0 Å². The van der Waals surface area contributed by atoms with Gasteiger partial charge in [0.05, 0.1) is 0 Å². The van der Waals surface area contributed by atoms with E-state index in [1.54, 1.807) is 0 Å². The summed E-state index contributed by atoms with van der Waals surface area (Å²) in [4.78, 5) is 2.23. The van der Waals surface area contributed by atoms with Crippen LogP contribution in [0.5, 0.6) is 0 Å². The highest BCUT2D eigenvalue weighted by atomic mass is 15.0. The number of hydrogen-bond donors (Lipinski definition) is 0. The van der Waals surface area contributed by atoms with Crippen molar-refractivity contribution in [1.82, 2.24) is 4.90 Å². The van der Waals surface area contributed by atoms with Crippen molar-refractivity contribution < 1.29 is 0 Å². The van der Waals surface area contributed by atoms with Crippen LogP contribution >= 0.6 is 0 Å². The highest BCUT2D eigenvalue weighted by Gasteiger charge is 2.12. The summed E-state index contributed by atoms with van der Waals surface area (Å²) in [6, 6.07) is 30.6. The van der Waals surface area contributed by atoms with Crippen molar-refractivity contribution in [3.8, 4) is 0 Å². The molecule has 0 atom stereocenters. The third-order valence-electron chi connectivity index (χ3n) is 4.93. The van der Waals surface area contributed by atoms with E-state index in [0.29, 0.717) is 0 Å². The first-order valence-electron chi connectivity index (χ1n) is 9.77. The largest absolute Gasteiger partial charge is 0.309 e. The molecule has 27 heavy (non-hydrogen) atoms. The molecule has 0 heterocycles. The molecule has 138 valence electrons. The second-order valence-electron chi connectivity index (χ2n) is 7.19. The molecular formula is C26H29N. The van der Waals surface area contributed by atoms with Gasteiger partial charge >= 0.3 is 0 Å². The van der Waals surface area contributed by atoms with E-state index in [-0.39, 0.29) is 0 Å². The molecule has 0 aliphatic rings. The summed E-state index contributed by atoms with van der Waals surface area (Å²) in [6.45, 7) is 3.33. The van der Waals surface area contributed by atoms with Gasteiger partial charge < -0.3 is 4.90 Å². The van der Waals surface area contributed by atoms with Crippen molar-refractivity contribution in [2.45, 2.75) is 19.8 Å². The fourth-order valence-corrected chi connectivity index (χ4v) is 3.48. The molecule has 0 aliphatic heterocycles. The summed E-state index contributed by atoms with van der Waals surface area (Å²) >= 11 is 0. The lowest BCUT2D eigenvalue weighted by atomic mass is 9.88. The van der Waals surface area contributed by atoms with Gasteiger partial charge in [0.2, 0.25) is 0 Å². The van der Waals surface area contributed by atoms with E-state index in [2.05, 4.69) is 111 Å². The molecule has 0 saturated carbocycles. The van der Waals surface area contributed by atoms with Crippen LogP contribution < -0.4 is 0 Å². The molecule has 3 aromatic rings. The van der Waals surface area contributed by atoms with Gasteiger partial charge in [0.1, 0.15) is 0 Å². The molecular weight excluding hydrogens is 326 g/mol. The fraction of sp³-hybridized carbons (Fsp3) is 0.231. The first-order chi connectivity index (χ1) is 13.2. The zero-order chi connectivity index (χ0) is 19.1. The Hall–Kier alpha value is -2.64. The Labute approximate surface area is 164 Å². The molecule has 0 aliphatic carbocycles. The summed E-state index contributed by atoms with van der Waals surface area (Å²) in [5, 5.41) is 0. The number of nitrogens with zero attached hydrogens (tertiary/aromatic N) is 1. The zero-order valence-electron chi connectivity index (χ0n) is 16.7. The lowest BCUT2D eigenvalue weighted by molar-refractivity contribution is 0.413. The Morgan fingerprint density at radius 1 is 0.667 bits per heavy atom. The van der Waals surface area contributed by atoms with Crippen molar-refractivity contribution in [3.05, 3.63) is 107 Å². The normalized spacial score (nSPS) is 10.8. The summed E-state index contributed by atoms with van der Waals surface area (Å²) in [7, 11) is 4.25. The van der Waals surface area contributed by atoms with Gasteiger partial charge in [-0.25, -0.2) is 0 Å². The van der Waals surface area contributed by atoms with Crippen molar-refractivity contribution in [2.75, 3.05) is 20.6 Å². The lowest BCUT2D eigenvalue weighted by Crippen LogP contribution is -2.14. The maximum Gasteiger partial charge on any atom is 0.00157 e. The fourth-order valence-electron chi connectivity index (χ4n) is 3.48. The van der Waals surface area contributed by atoms with Crippen LogP contribution in [0.4, 0.5) is 0 Å². The molecule has 3 aromatic carbocycles. The van der Waals surface area contributed by atoms with Crippen LogP contribution in [0.1, 0.15) is 35.6 Å². The van der Waals surface area contributed by atoms with Crippen LogP contribution in [0, 0.1) is 0 Å². The number of hydrogen-bond acceptors (Lipinski definition) is 1. The average Bonchev–Trinajstić information content (AvgIpc) is 2.72. The first kappa shape index (κ1) is 19.1. The Bertz CT molecular complexity index is 818. The highest BCUT2D eigenvalue weighted by molar-refractivity contribution is 5.98. The molecule has 0 amide bonds. The lowest BCUT2D eigenvalue weighted by Gasteiger charge is -2.17. The highest BCUT2D eigenvalue weighted by Crippen LogP contribution is 2.34. The van der Waals surface area contributed by atoms with Gasteiger partial charge in [-0.15, -0.1) is 0 Å². The maximum absolute atomic E-state index is 2.29. The van der Waals surface area contributed by atoms with Gasteiger partial charge in [-0.05, 0) is 60.3 Å². The Morgan fingerprint density at radius 3 is 1.63 bits per heavy atom. The van der Waals surface area contributed by atoms with Crippen molar-refractivity contribution in [1.29, 1.82) is 0 Å². The van der Waals surface area contributed by atoms with Crippen LogP contribution in [0.3, 0.4) is 0 Å². The van der Waals surface area contributed by atoms with Gasteiger partial charge in [-0.1, -0.05) is 91.9 Å². The molecule has 0 aromatic heterocycles. The van der Waals surface area contributed by atoms with E-state index in [1.807, 2.05) is 0 Å². The monoisotopic (exact) mass is 355 g/mol. The molecule has 0 saturated heterocycles. The molecule has 0 radical (unpaired) electrons. The molecule has 1 heteroatoms. The van der Waals surface area contributed by atoms with Gasteiger partial charge in [0, 0.05) is 6.54 Å². The van der Waals surface area contributed by atoms with Crippen LogP contribution in [-0.2, 0) is 6.42 Å². The molecule has 1 nitrogen and oxygen atoms in total. The van der Waals surface area contributed by atoms with Crippen LogP contribution in [0.2, 0.25) is 0 Å². The second kappa shape index (κ2) is 9.34. The zero-order valence-corrected chi connectivity index (χ0v) is 16.7. The topological polar surface area (TPSA) is 3.24 Å². The molecule has 0 fully saturated rings. The number of likely N-dealkylation sites (N-methyl/N-ethyl adjacent to an activating group) is 1. The van der Waals surface area contributed by atoms with Crippen LogP contribution in [0.15, 0.2) is 84.9 Å². The minimum absolute atomic E-state index is 0.996. The summed E-state index contributed by atoms with van der Waals surface area (Å²) in [6.07, 6.45) is 2.08. The van der Waals surface area contributed by atoms with E-state index in [1.165, 1.54) is 33.4 Å². The Morgan fingerprint density at radius 2 is 1.19 bits per heavy atom. The van der Waals surface area contributed by atoms with Crippen molar-refractivity contribution in [3.63, 3.8) is 0 Å². The summed E-state index contributed by atoms with van der Waals surface area (Å²) in [5.74, 6) is 0. The van der Waals surface area contributed by atoms with E-state index in [4.69, 9.17) is 0 Å². The predicted octanol–water partition coefficient (Wildman–Crippen LogP) is 6.16. The predicted molar refractivity (Wildman–Crippen MR) is 118 cm³/mol. The van der Waals surface area contributed by atoms with Gasteiger partial charge in [0.15, 0.2) is 0 Å². The van der Waals surface area contributed by atoms with E-state index >= 15 is 0 Å². The van der Waals surface area contributed by atoms with Gasteiger partial charge in [0.25, 0.3) is 0 Å². The minimum atomic E-state index is 0.996. The van der Waals surface area contributed by atoms with Crippen molar-refractivity contribution in [2.24, 2.45) is 0 Å². The Kier molecular flexibility index (Phi) is 6.62. The third-order valence-corrected chi connectivity index (χ3v) is 4.93. The van der Waals surface area contributed by atoms with Gasteiger partial charge in [-0.3, -0.25) is 0 Å². The molecule has 3 rings (SSSR count). The van der Waals surface area contributed by atoms with Crippen LogP contribution in [-0.4, -0.2) is 25.5 Å². The number of allylic oxidation sites excluding steroid dienone is 1. The molecule has 0 bridgehead atoms. The Balaban J connectivity index is 2.05. The standard InChI is InChI=1S/C26H29N/c1-4-25(22-17-15-21(16-18-22)19-20-27(2)3)26(23-11-7-5-8-12-23)24-13-9-6-10-14-24/h5-18H,4,19-20H2,1-3H3. The van der Waals surface area contributed by atoms with E-state index in [0.717, 1.165) is 19.4 Å². The maximum atomic E-state index is 2.29. The average molecular weight is 356 g/mol. The summed E-state index contributed by atoms with van der Waals surface area (Å²) < 4.78 is 0. The molecule has 0 N–H and O–H groups in total. The van der Waals surface area contributed by atoms with Crippen molar-refractivity contribution >= 4 is 11.1 Å². The minimum Gasteiger partial charge on any atom is -0.309 e. The molecule has 0 unspecified atom stereocenters. The first-order valence-corrected chi connectivity index (χ1v) is 9.77. The number of benzene rings is 3. The second-order valence-corrected chi connectivity index (χ2v) is 7.19. The quantitative estimate of drug-likeness (QED) is 0.459. The SMILES string of the molecule is CCC(=C(c1ccccc1)c1ccccc1)c1ccc(CCN(C)C)cc1. The number of rotatable bonds is 7. The van der Waals surface area contributed by atoms with E-state index in [9.17, 15) is 0 Å². The third kappa shape index (κ3) is 4.96. The smallest absolute Gasteiger partial charge is 0.00157 e. The summed E-state index contributed by atoms with van der Waals surface area (Å²) in [5.41, 5.74) is 7.98.